The maximum atomic E-state index is 9.10. The third kappa shape index (κ3) is 5.64. The molecular weight excluding hydrogens is 384 g/mol. The zero-order valence-corrected chi connectivity index (χ0v) is 16.9. The van der Waals surface area contributed by atoms with Crippen molar-refractivity contribution in [2.75, 3.05) is 13.1 Å². The summed E-state index contributed by atoms with van der Waals surface area (Å²) in [4.78, 5) is 29.7. The minimum atomic E-state index is -1.82. The zero-order chi connectivity index (χ0) is 21.5. The van der Waals surface area contributed by atoms with Crippen molar-refractivity contribution in [3.63, 3.8) is 0 Å². The van der Waals surface area contributed by atoms with Gasteiger partial charge in [0.1, 0.15) is 5.82 Å². The first kappa shape index (κ1) is 21.4. The molecule has 1 saturated heterocycles. The summed E-state index contributed by atoms with van der Waals surface area (Å²) in [5.74, 6) is -1.77. The predicted octanol–water partition coefficient (Wildman–Crippen LogP) is 2.81. The number of para-hydroxylation sites is 2. The van der Waals surface area contributed by atoms with Crippen LogP contribution in [0.1, 0.15) is 24.2 Å². The number of rotatable bonds is 4. The van der Waals surface area contributed by atoms with Crippen LogP contribution in [0.5, 0.6) is 0 Å². The molecule has 1 aliphatic heterocycles. The van der Waals surface area contributed by atoms with Crippen molar-refractivity contribution in [3.05, 3.63) is 60.2 Å². The van der Waals surface area contributed by atoms with E-state index < -0.39 is 11.9 Å². The van der Waals surface area contributed by atoms with Gasteiger partial charge in [0.25, 0.3) is 0 Å². The molecule has 1 fully saturated rings. The van der Waals surface area contributed by atoms with E-state index in [4.69, 9.17) is 24.8 Å². The second kappa shape index (κ2) is 9.98. The molecule has 1 aliphatic rings. The Morgan fingerprint density at radius 3 is 2.40 bits per heavy atom. The SMILES string of the molecule is Cc1nc2ccccc2n1CC1CCN(Cc2cccnc2)CC1.O=C(O)C(=O)O. The molecule has 0 unspecified atom stereocenters. The fraction of sp³-hybridized carbons (Fsp3) is 0.364. The lowest BCUT2D eigenvalue weighted by Crippen LogP contribution is -2.34. The van der Waals surface area contributed by atoms with Gasteiger partial charge in [0.2, 0.25) is 0 Å². The third-order valence-corrected chi connectivity index (χ3v) is 5.31. The molecule has 0 bridgehead atoms. The highest BCUT2D eigenvalue weighted by molar-refractivity contribution is 6.27. The zero-order valence-electron chi connectivity index (χ0n) is 16.9. The van der Waals surface area contributed by atoms with Gasteiger partial charge in [-0.1, -0.05) is 18.2 Å². The number of hydrogen-bond donors (Lipinski definition) is 2. The maximum Gasteiger partial charge on any atom is 0.414 e. The fourth-order valence-corrected chi connectivity index (χ4v) is 3.76. The van der Waals surface area contributed by atoms with E-state index in [1.54, 1.807) is 0 Å². The van der Waals surface area contributed by atoms with Gasteiger partial charge in [0.05, 0.1) is 11.0 Å². The van der Waals surface area contributed by atoms with Gasteiger partial charge in [-0.3, -0.25) is 9.88 Å². The molecule has 0 amide bonds. The fourth-order valence-electron chi connectivity index (χ4n) is 3.76. The molecule has 0 saturated carbocycles. The van der Waals surface area contributed by atoms with E-state index in [0.29, 0.717) is 0 Å². The van der Waals surface area contributed by atoms with Gasteiger partial charge in [0, 0.05) is 25.5 Å². The predicted molar refractivity (Wildman–Crippen MR) is 112 cm³/mol. The number of pyridine rings is 1. The molecule has 1 aromatic carbocycles. The van der Waals surface area contributed by atoms with Gasteiger partial charge >= 0.3 is 11.9 Å². The number of fused-ring (bicyclic) bond motifs is 1. The number of aliphatic carboxylic acids is 2. The van der Waals surface area contributed by atoms with Crippen LogP contribution in [-0.4, -0.2) is 54.7 Å². The number of imidazole rings is 1. The number of aryl methyl sites for hydroxylation is 1. The average Bonchev–Trinajstić information content (AvgIpc) is 3.06. The summed E-state index contributed by atoms with van der Waals surface area (Å²) in [5, 5.41) is 14.8. The average molecular weight is 410 g/mol. The summed E-state index contributed by atoms with van der Waals surface area (Å²) in [6.07, 6.45) is 6.33. The second-order valence-corrected chi connectivity index (χ2v) is 7.45. The Balaban J connectivity index is 0.000000377. The van der Waals surface area contributed by atoms with Gasteiger partial charge in [-0.15, -0.1) is 0 Å². The summed E-state index contributed by atoms with van der Waals surface area (Å²) in [7, 11) is 0. The first-order valence-electron chi connectivity index (χ1n) is 9.93. The third-order valence-electron chi connectivity index (χ3n) is 5.31. The Bertz CT molecular complexity index is 983. The number of benzene rings is 1. The van der Waals surface area contributed by atoms with E-state index in [-0.39, 0.29) is 0 Å². The van der Waals surface area contributed by atoms with E-state index in [1.165, 1.54) is 37.0 Å². The van der Waals surface area contributed by atoms with Crippen molar-refractivity contribution in [3.8, 4) is 0 Å². The highest BCUT2D eigenvalue weighted by atomic mass is 16.4. The quantitative estimate of drug-likeness (QED) is 0.637. The summed E-state index contributed by atoms with van der Waals surface area (Å²) in [5.41, 5.74) is 3.70. The normalized spacial score (nSPS) is 14.8. The van der Waals surface area contributed by atoms with Gasteiger partial charge in [-0.25, -0.2) is 14.6 Å². The molecule has 158 valence electrons. The van der Waals surface area contributed by atoms with Crippen LogP contribution < -0.4 is 0 Å². The Hall–Kier alpha value is -3.26. The molecule has 0 radical (unpaired) electrons. The van der Waals surface area contributed by atoms with Crippen LogP contribution in [0.4, 0.5) is 0 Å². The van der Waals surface area contributed by atoms with Crippen molar-refractivity contribution in [1.29, 1.82) is 0 Å². The van der Waals surface area contributed by atoms with Crippen LogP contribution in [0.3, 0.4) is 0 Å². The number of aromatic nitrogens is 3. The lowest BCUT2D eigenvalue weighted by molar-refractivity contribution is -0.159. The molecule has 3 aromatic rings. The molecule has 3 heterocycles. The summed E-state index contributed by atoms with van der Waals surface area (Å²) >= 11 is 0. The first-order valence-corrected chi connectivity index (χ1v) is 9.93. The monoisotopic (exact) mass is 410 g/mol. The van der Waals surface area contributed by atoms with E-state index in [2.05, 4.69) is 51.7 Å². The molecule has 8 nitrogen and oxygen atoms in total. The summed E-state index contributed by atoms with van der Waals surface area (Å²) in [6.45, 7) is 6.58. The van der Waals surface area contributed by atoms with Crippen LogP contribution in [0, 0.1) is 12.8 Å². The highest BCUT2D eigenvalue weighted by Crippen LogP contribution is 2.24. The Morgan fingerprint density at radius 2 is 1.77 bits per heavy atom. The van der Waals surface area contributed by atoms with Crippen LogP contribution in [0.15, 0.2) is 48.8 Å². The Kier molecular flexibility index (Phi) is 7.13. The van der Waals surface area contributed by atoms with Crippen molar-refractivity contribution >= 4 is 23.0 Å². The van der Waals surface area contributed by atoms with Crippen LogP contribution in [0.2, 0.25) is 0 Å². The maximum absolute atomic E-state index is 9.10. The smallest absolute Gasteiger partial charge is 0.414 e. The van der Waals surface area contributed by atoms with E-state index in [1.807, 2.05) is 18.5 Å². The topological polar surface area (TPSA) is 109 Å². The molecule has 0 aliphatic carbocycles. The molecule has 30 heavy (non-hydrogen) atoms. The molecular formula is C22H26N4O4. The Labute approximate surface area is 174 Å². The number of hydrogen-bond acceptors (Lipinski definition) is 5. The highest BCUT2D eigenvalue weighted by Gasteiger charge is 2.21. The second-order valence-electron chi connectivity index (χ2n) is 7.45. The lowest BCUT2D eigenvalue weighted by Gasteiger charge is -2.32. The first-order chi connectivity index (χ1) is 14.4. The number of carbonyl (C=O) groups is 2. The molecule has 2 N–H and O–H groups in total. The summed E-state index contributed by atoms with van der Waals surface area (Å²) < 4.78 is 2.40. The number of carboxylic acids is 2. The van der Waals surface area contributed by atoms with Crippen molar-refractivity contribution in [2.24, 2.45) is 5.92 Å². The molecule has 0 atom stereocenters. The molecule has 0 spiro atoms. The van der Waals surface area contributed by atoms with Crippen molar-refractivity contribution in [2.45, 2.75) is 32.9 Å². The largest absolute Gasteiger partial charge is 0.473 e. The molecule has 2 aromatic heterocycles. The summed E-state index contributed by atoms with van der Waals surface area (Å²) in [6, 6.07) is 12.7. The number of piperidine rings is 1. The standard InChI is InChI=1S/C20H24N4.C2H2O4/c1-16-22-19-6-2-3-7-20(19)24(16)15-17-8-11-23(12-9-17)14-18-5-4-10-21-13-18;3-1(4)2(5)6/h2-7,10,13,17H,8-9,11-12,14-15H2,1H3;(H,3,4)(H,5,6). The minimum Gasteiger partial charge on any atom is -0.473 e. The lowest BCUT2D eigenvalue weighted by atomic mass is 9.96. The van der Waals surface area contributed by atoms with Crippen molar-refractivity contribution in [1.82, 2.24) is 19.4 Å². The van der Waals surface area contributed by atoms with Gasteiger partial charge in [-0.2, -0.15) is 0 Å². The van der Waals surface area contributed by atoms with Crippen LogP contribution in [-0.2, 0) is 22.7 Å². The minimum absolute atomic E-state index is 0.742. The Morgan fingerprint density at radius 1 is 1.07 bits per heavy atom. The van der Waals surface area contributed by atoms with Gasteiger partial charge < -0.3 is 14.8 Å². The van der Waals surface area contributed by atoms with E-state index in [9.17, 15) is 0 Å². The number of nitrogens with zero attached hydrogens (tertiary/aromatic N) is 4. The number of likely N-dealkylation sites (tertiary alicyclic amines) is 1. The van der Waals surface area contributed by atoms with E-state index in [0.717, 1.165) is 30.3 Å². The van der Waals surface area contributed by atoms with Gasteiger partial charge in [-0.05, 0) is 62.5 Å². The van der Waals surface area contributed by atoms with Gasteiger partial charge in [0.15, 0.2) is 0 Å². The van der Waals surface area contributed by atoms with Crippen molar-refractivity contribution < 1.29 is 19.8 Å². The van der Waals surface area contributed by atoms with Crippen LogP contribution >= 0.6 is 0 Å². The molecule has 8 heteroatoms. The molecule has 4 rings (SSSR count). The number of carboxylic acid groups (broad SMARTS) is 2. The van der Waals surface area contributed by atoms with E-state index >= 15 is 0 Å². The van der Waals surface area contributed by atoms with Crippen LogP contribution in [0.25, 0.3) is 11.0 Å².